The van der Waals surface area contributed by atoms with Crippen LogP contribution in [0.25, 0.3) is 0 Å². The number of aryl methyl sites for hydroxylation is 1. The normalized spacial score (nSPS) is 12.5. The summed E-state index contributed by atoms with van der Waals surface area (Å²) in [6.45, 7) is 6.21. The first kappa shape index (κ1) is 15.1. The molecule has 0 aliphatic carbocycles. The van der Waals surface area contributed by atoms with Gasteiger partial charge in [-0.05, 0) is 59.3 Å². The Hall–Kier alpha value is -0.0000000000000000833. The molecule has 1 unspecified atom stereocenters. The number of halogens is 1. The molecule has 0 aromatic carbocycles. The molecule has 1 aromatic heterocycles. The van der Waals surface area contributed by atoms with Gasteiger partial charge in [0.05, 0.1) is 8.66 Å². The summed E-state index contributed by atoms with van der Waals surface area (Å²) in [7, 11) is 0. The monoisotopic (exact) mass is 335 g/mol. The molecule has 96 valence electrons. The first-order chi connectivity index (χ1) is 8.04. The summed E-state index contributed by atoms with van der Waals surface area (Å²) < 4.78 is 1.04. The third kappa shape index (κ3) is 5.02. The van der Waals surface area contributed by atoms with Crippen molar-refractivity contribution in [3.05, 3.63) is 20.3 Å². The van der Waals surface area contributed by atoms with Gasteiger partial charge in [0.25, 0.3) is 5.91 Å². The lowest BCUT2D eigenvalue weighted by Crippen LogP contribution is -2.32. The highest BCUT2D eigenvalue weighted by Crippen LogP contribution is 2.27. The van der Waals surface area contributed by atoms with E-state index in [4.69, 9.17) is 0 Å². The molecule has 0 bridgehead atoms. The molecule has 0 saturated carbocycles. The molecular weight excluding hydrogens is 318 g/mol. The highest BCUT2D eigenvalue weighted by atomic mass is 79.9. The van der Waals surface area contributed by atoms with Crippen molar-refractivity contribution in [3.63, 3.8) is 0 Å². The fraction of sp³-hybridized carbons (Fsp3) is 0.583. The lowest BCUT2D eigenvalue weighted by Gasteiger charge is -2.12. The number of hydrogen-bond donors (Lipinski definition) is 1. The Balaban J connectivity index is 2.43. The number of rotatable bonds is 6. The van der Waals surface area contributed by atoms with Crippen molar-refractivity contribution in [2.24, 2.45) is 0 Å². The van der Waals surface area contributed by atoms with Gasteiger partial charge < -0.3 is 5.32 Å². The van der Waals surface area contributed by atoms with Crippen LogP contribution in [0, 0.1) is 6.92 Å². The van der Waals surface area contributed by atoms with E-state index in [2.05, 4.69) is 35.1 Å². The fourth-order valence-corrected chi connectivity index (χ4v) is 3.59. The summed E-state index contributed by atoms with van der Waals surface area (Å²) in [4.78, 5) is 12.7. The van der Waals surface area contributed by atoms with Gasteiger partial charge in [0.15, 0.2) is 0 Å². The van der Waals surface area contributed by atoms with Gasteiger partial charge in [-0.3, -0.25) is 4.79 Å². The van der Waals surface area contributed by atoms with E-state index in [0.717, 1.165) is 32.2 Å². The van der Waals surface area contributed by atoms with Gasteiger partial charge in [-0.1, -0.05) is 6.92 Å². The van der Waals surface area contributed by atoms with E-state index in [1.165, 1.54) is 11.3 Å². The molecular formula is C12H18BrNOS2. The van der Waals surface area contributed by atoms with Crippen molar-refractivity contribution >= 4 is 44.9 Å². The van der Waals surface area contributed by atoms with Gasteiger partial charge in [0.1, 0.15) is 0 Å². The van der Waals surface area contributed by atoms with Crippen molar-refractivity contribution in [2.75, 3.05) is 11.5 Å². The number of carbonyl (C=O) groups is 1. The summed E-state index contributed by atoms with van der Waals surface area (Å²) >= 11 is 6.84. The standard InChI is InChI=1S/C12H18BrNOS2/c1-4-16-6-5-9(3)14-12(15)10-7-8(2)11(13)17-10/h7,9H,4-6H2,1-3H3,(H,14,15). The Morgan fingerprint density at radius 2 is 2.35 bits per heavy atom. The van der Waals surface area contributed by atoms with E-state index < -0.39 is 0 Å². The Morgan fingerprint density at radius 3 is 2.88 bits per heavy atom. The molecule has 1 heterocycles. The van der Waals surface area contributed by atoms with Crippen LogP contribution in [0.1, 0.15) is 35.5 Å². The number of thioether (sulfide) groups is 1. The Kier molecular flexibility index (Phi) is 6.59. The van der Waals surface area contributed by atoms with Gasteiger partial charge in [-0.25, -0.2) is 0 Å². The van der Waals surface area contributed by atoms with Crippen LogP contribution in [0.2, 0.25) is 0 Å². The minimum atomic E-state index is 0.0396. The van der Waals surface area contributed by atoms with E-state index >= 15 is 0 Å². The van der Waals surface area contributed by atoms with Crippen molar-refractivity contribution in [1.29, 1.82) is 0 Å². The maximum absolute atomic E-state index is 11.9. The average Bonchev–Trinajstić information content (AvgIpc) is 2.60. The van der Waals surface area contributed by atoms with Crippen molar-refractivity contribution < 1.29 is 4.79 Å². The molecule has 17 heavy (non-hydrogen) atoms. The van der Waals surface area contributed by atoms with Gasteiger partial charge in [-0.15, -0.1) is 11.3 Å². The van der Waals surface area contributed by atoms with Crippen LogP contribution in [-0.4, -0.2) is 23.5 Å². The third-order valence-electron chi connectivity index (χ3n) is 2.36. The molecule has 1 atom stereocenters. The lowest BCUT2D eigenvalue weighted by atomic mass is 10.2. The zero-order valence-corrected chi connectivity index (χ0v) is 13.6. The molecule has 0 saturated heterocycles. The minimum absolute atomic E-state index is 0.0396. The number of hydrogen-bond acceptors (Lipinski definition) is 3. The second kappa shape index (κ2) is 7.44. The average molecular weight is 336 g/mol. The van der Waals surface area contributed by atoms with E-state index in [9.17, 15) is 4.79 Å². The first-order valence-corrected chi connectivity index (χ1v) is 8.45. The van der Waals surface area contributed by atoms with E-state index in [1.807, 2.05) is 24.8 Å². The van der Waals surface area contributed by atoms with Crippen LogP contribution in [0.15, 0.2) is 9.85 Å². The smallest absolute Gasteiger partial charge is 0.261 e. The third-order valence-corrected chi connectivity index (χ3v) is 5.43. The Morgan fingerprint density at radius 1 is 1.65 bits per heavy atom. The highest BCUT2D eigenvalue weighted by Gasteiger charge is 2.13. The molecule has 1 N–H and O–H groups in total. The lowest BCUT2D eigenvalue weighted by molar-refractivity contribution is 0.0943. The predicted octanol–water partition coefficient (Wildman–Crippen LogP) is 4.08. The van der Waals surface area contributed by atoms with Gasteiger partial charge in [0, 0.05) is 6.04 Å². The molecule has 2 nitrogen and oxygen atoms in total. The molecule has 0 radical (unpaired) electrons. The van der Waals surface area contributed by atoms with Gasteiger partial charge in [-0.2, -0.15) is 11.8 Å². The maximum atomic E-state index is 11.9. The zero-order chi connectivity index (χ0) is 12.8. The quantitative estimate of drug-likeness (QED) is 0.793. The van der Waals surface area contributed by atoms with Crippen molar-refractivity contribution in [3.8, 4) is 0 Å². The first-order valence-electron chi connectivity index (χ1n) is 5.69. The summed E-state index contributed by atoms with van der Waals surface area (Å²) in [5.41, 5.74) is 1.12. The second-order valence-electron chi connectivity index (χ2n) is 3.93. The predicted molar refractivity (Wildman–Crippen MR) is 81.3 cm³/mol. The van der Waals surface area contributed by atoms with Crippen LogP contribution in [0.3, 0.4) is 0 Å². The van der Waals surface area contributed by atoms with E-state index in [0.29, 0.717) is 0 Å². The number of amides is 1. The molecule has 1 rings (SSSR count). The van der Waals surface area contributed by atoms with Crippen molar-refractivity contribution in [2.45, 2.75) is 33.2 Å². The summed E-state index contributed by atoms with van der Waals surface area (Å²) in [6.07, 6.45) is 1.02. The summed E-state index contributed by atoms with van der Waals surface area (Å²) in [5, 5.41) is 3.03. The number of carbonyl (C=O) groups excluding carboxylic acids is 1. The molecule has 0 spiro atoms. The molecule has 0 aliphatic rings. The molecule has 0 fully saturated rings. The van der Waals surface area contributed by atoms with Crippen LogP contribution in [0.4, 0.5) is 0 Å². The Labute approximate surface area is 120 Å². The van der Waals surface area contributed by atoms with Crippen molar-refractivity contribution in [1.82, 2.24) is 5.32 Å². The van der Waals surface area contributed by atoms with E-state index in [1.54, 1.807) is 0 Å². The minimum Gasteiger partial charge on any atom is -0.349 e. The summed E-state index contributed by atoms with van der Waals surface area (Å²) in [6, 6.07) is 2.17. The van der Waals surface area contributed by atoms with E-state index in [-0.39, 0.29) is 11.9 Å². The summed E-state index contributed by atoms with van der Waals surface area (Å²) in [5.74, 6) is 2.28. The van der Waals surface area contributed by atoms with Crippen LogP contribution in [-0.2, 0) is 0 Å². The zero-order valence-electron chi connectivity index (χ0n) is 10.4. The van der Waals surface area contributed by atoms with Gasteiger partial charge >= 0.3 is 0 Å². The number of thiophene rings is 1. The fourth-order valence-electron chi connectivity index (χ4n) is 1.34. The molecule has 5 heteroatoms. The van der Waals surface area contributed by atoms with Crippen LogP contribution in [0.5, 0.6) is 0 Å². The Bertz CT molecular complexity index is 359. The topological polar surface area (TPSA) is 29.1 Å². The van der Waals surface area contributed by atoms with Gasteiger partial charge in [0.2, 0.25) is 0 Å². The maximum Gasteiger partial charge on any atom is 0.261 e. The largest absolute Gasteiger partial charge is 0.349 e. The molecule has 0 aliphatic heterocycles. The SMILES string of the molecule is CCSCCC(C)NC(=O)c1cc(C)c(Br)s1. The number of nitrogens with one attached hydrogen (secondary N) is 1. The second-order valence-corrected chi connectivity index (χ2v) is 7.69. The van der Waals surface area contributed by atoms with Crippen LogP contribution < -0.4 is 5.32 Å². The molecule has 1 aromatic rings. The highest BCUT2D eigenvalue weighted by molar-refractivity contribution is 9.11. The van der Waals surface area contributed by atoms with Crippen LogP contribution >= 0.6 is 39.0 Å². The molecule has 1 amide bonds.